The molecule has 96 valence electrons. The van der Waals surface area contributed by atoms with Crippen LogP contribution < -0.4 is 5.32 Å². The third-order valence-corrected chi connectivity index (χ3v) is 4.56. The summed E-state index contributed by atoms with van der Waals surface area (Å²) in [5.74, 6) is 0.0932. The van der Waals surface area contributed by atoms with Gasteiger partial charge in [-0.25, -0.2) is 0 Å². The van der Waals surface area contributed by atoms with E-state index in [4.69, 9.17) is 0 Å². The highest BCUT2D eigenvalue weighted by Gasteiger charge is 2.43. The van der Waals surface area contributed by atoms with Crippen LogP contribution in [0.1, 0.15) is 22.8 Å². The van der Waals surface area contributed by atoms with Gasteiger partial charge in [0.1, 0.15) is 5.54 Å². The Kier molecular flexibility index (Phi) is 3.02. The molecule has 3 rings (SSSR count). The normalized spacial score (nSPS) is 21.1. The molecule has 0 saturated heterocycles. The van der Waals surface area contributed by atoms with Crippen LogP contribution in [0.4, 0.5) is 5.69 Å². The number of hydrogen-bond acceptors (Lipinski definition) is 2. The maximum atomic E-state index is 12.7. The van der Waals surface area contributed by atoms with Crippen LogP contribution in [0.2, 0.25) is 0 Å². The highest BCUT2D eigenvalue weighted by molar-refractivity contribution is 9.11. The Balaban J connectivity index is 2.16. The van der Waals surface area contributed by atoms with Gasteiger partial charge in [0.25, 0.3) is 0 Å². The van der Waals surface area contributed by atoms with Gasteiger partial charge in [-0.05, 0) is 40.5 Å². The number of benzene rings is 2. The first kappa shape index (κ1) is 12.9. The van der Waals surface area contributed by atoms with E-state index in [0.717, 1.165) is 20.2 Å². The first-order valence-electron chi connectivity index (χ1n) is 5.90. The number of halogens is 2. The van der Waals surface area contributed by atoms with E-state index in [1.54, 1.807) is 0 Å². The average Bonchev–Trinajstić information content (AvgIpc) is 2.66. The molecule has 1 heterocycles. The summed E-state index contributed by atoms with van der Waals surface area (Å²) in [5, 5.41) is 3.36. The van der Waals surface area contributed by atoms with Gasteiger partial charge >= 0.3 is 0 Å². The number of nitrogens with one attached hydrogen (secondary N) is 1. The third kappa shape index (κ3) is 1.94. The number of ketones is 1. The Hall–Kier alpha value is -1.13. The van der Waals surface area contributed by atoms with Gasteiger partial charge in [-0.15, -0.1) is 0 Å². The highest BCUT2D eigenvalue weighted by atomic mass is 79.9. The molecule has 1 aliphatic rings. The molecule has 0 bridgehead atoms. The monoisotopic (exact) mass is 379 g/mol. The molecule has 0 fully saturated rings. The van der Waals surface area contributed by atoms with Crippen molar-refractivity contribution in [1.82, 2.24) is 0 Å². The van der Waals surface area contributed by atoms with Crippen LogP contribution in [0.15, 0.2) is 51.4 Å². The summed E-state index contributed by atoms with van der Waals surface area (Å²) < 4.78 is 1.79. The zero-order valence-corrected chi connectivity index (χ0v) is 13.4. The van der Waals surface area contributed by atoms with Crippen molar-refractivity contribution in [3.05, 3.63) is 62.5 Å². The van der Waals surface area contributed by atoms with E-state index in [1.165, 1.54) is 0 Å². The van der Waals surface area contributed by atoms with Crippen molar-refractivity contribution in [2.24, 2.45) is 0 Å². The Labute approximate surface area is 128 Å². The van der Waals surface area contributed by atoms with Gasteiger partial charge in [0, 0.05) is 14.5 Å². The lowest BCUT2D eigenvalue weighted by Gasteiger charge is -2.24. The Morgan fingerprint density at radius 3 is 2.47 bits per heavy atom. The van der Waals surface area contributed by atoms with Gasteiger partial charge in [0.15, 0.2) is 5.78 Å². The number of anilines is 1. The van der Waals surface area contributed by atoms with Crippen LogP contribution in [0.3, 0.4) is 0 Å². The summed E-state index contributed by atoms with van der Waals surface area (Å²) in [6.45, 7) is 1.92. The summed E-state index contributed by atoms with van der Waals surface area (Å²) in [4.78, 5) is 12.7. The zero-order valence-electron chi connectivity index (χ0n) is 10.2. The minimum absolute atomic E-state index is 0.0932. The van der Waals surface area contributed by atoms with Crippen molar-refractivity contribution in [1.29, 1.82) is 0 Å². The first-order chi connectivity index (χ1) is 9.02. The standard InChI is InChI=1S/C15H11Br2NO/c1-15(9-5-3-2-4-6-9)14(19)11-7-10(16)8-12(17)13(11)18-15/h2-8,18H,1H3. The number of fused-ring (bicyclic) bond motifs is 1. The summed E-state index contributed by atoms with van der Waals surface area (Å²) >= 11 is 6.93. The molecular weight excluding hydrogens is 370 g/mol. The molecule has 2 nitrogen and oxygen atoms in total. The zero-order chi connectivity index (χ0) is 13.6. The van der Waals surface area contributed by atoms with Crippen LogP contribution in [0.5, 0.6) is 0 Å². The van der Waals surface area contributed by atoms with E-state index >= 15 is 0 Å². The van der Waals surface area contributed by atoms with Crippen molar-refractivity contribution < 1.29 is 4.79 Å². The number of rotatable bonds is 1. The summed E-state index contributed by atoms with van der Waals surface area (Å²) in [6.07, 6.45) is 0. The molecule has 0 amide bonds. The fourth-order valence-corrected chi connectivity index (χ4v) is 3.75. The summed E-state index contributed by atoms with van der Waals surface area (Å²) in [6, 6.07) is 13.6. The largest absolute Gasteiger partial charge is 0.368 e. The maximum Gasteiger partial charge on any atom is 0.194 e. The molecule has 0 radical (unpaired) electrons. The molecule has 1 unspecified atom stereocenters. The van der Waals surface area contributed by atoms with Gasteiger partial charge in [0.2, 0.25) is 0 Å². The average molecular weight is 381 g/mol. The number of Topliss-reactive ketones (excluding diaryl/α,β-unsaturated/α-hetero) is 1. The predicted molar refractivity (Wildman–Crippen MR) is 83.6 cm³/mol. The van der Waals surface area contributed by atoms with Crippen LogP contribution in [0.25, 0.3) is 0 Å². The lowest BCUT2D eigenvalue weighted by molar-refractivity contribution is 0.0928. The minimum atomic E-state index is -0.701. The van der Waals surface area contributed by atoms with E-state index < -0.39 is 5.54 Å². The molecule has 2 aromatic rings. The summed E-state index contributed by atoms with van der Waals surface area (Å²) in [5.41, 5.74) is 1.85. The molecule has 19 heavy (non-hydrogen) atoms. The quantitative estimate of drug-likeness (QED) is 0.774. The Morgan fingerprint density at radius 2 is 1.79 bits per heavy atom. The topological polar surface area (TPSA) is 29.1 Å². The Bertz CT molecular complexity index is 669. The van der Waals surface area contributed by atoms with Crippen molar-refractivity contribution in [3.8, 4) is 0 Å². The number of carbonyl (C=O) groups is 1. The predicted octanol–water partition coefficient (Wildman–Crippen LogP) is 4.74. The second kappa shape index (κ2) is 4.46. The fraction of sp³-hybridized carbons (Fsp3) is 0.133. The van der Waals surface area contributed by atoms with Crippen LogP contribution in [0, 0.1) is 0 Å². The lowest BCUT2D eigenvalue weighted by atomic mass is 9.88. The third-order valence-electron chi connectivity index (χ3n) is 3.48. The van der Waals surface area contributed by atoms with Crippen molar-refractivity contribution in [2.75, 3.05) is 5.32 Å². The van der Waals surface area contributed by atoms with Crippen molar-refractivity contribution in [3.63, 3.8) is 0 Å². The van der Waals surface area contributed by atoms with Gasteiger partial charge in [-0.1, -0.05) is 46.3 Å². The second-order valence-electron chi connectivity index (χ2n) is 4.76. The van der Waals surface area contributed by atoms with Crippen molar-refractivity contribution in [2.45, 2.75) is 12.5 Å². The summed E-state index contributed by atoms with van der Waals surface area (Å²) in [7, 11) is 0. The molecule has 0 aromatic heterocycles. The van der Waals surface area contributed by atoms with E-state index in [1.807, 2.05) is 49.4 Å². The Morgan fingerprint density at radius 1 is 1.11 bits per heavy atom. The molecule has 1 aliphatic heterocycles. The fourth-order valence-electron chi connectivity index (χ4n) is 2.43. The second-order valence-corrected chi connectivity index (χ2v) is 6.53. The number of hydrogen-bond donors (Lipinski definition) is 1. The van der Waals surface area contributed by atoms with Crippen LogP contribution >= 0.6 is 31.9 Å². The lowest BCUT2D eigenvalue weighted by Crippen LogP contribution is -2.34. The molecule has 0 aliphatic carbocycles. The molecule has 2 aromatic carbocycles. The van der Waals surface area contributed by atoms with E-state index in [0.29, 0.717) is 5.56 Å². The molecule has 0 spiro atoms. The number of carbonyl (C=O) groups excluding carboxylic acids is 1. The minimum Gasteiger partial charge on any atom is -0.368 e. The molecular formula is C15H11Br2NO. The van der Waals surface area contributed by atoms with E-state index in [-0.39, 0.29) is 5.78 Å². The highest BCUT2D eigenvalue weighted by Crippen LogP contribution is 2.43. The van der Waals surface area contributed by atoms with Crippen LogP contribution in [-0.4, -0.2) is 5.78 Å². The smallest absolute Gasteiger partial charge is 0.194 e. The molecule has 0 saturated carbocycles. The van der Waals surface area contributed by atoms with E-state index in [2.05, 4.69) is 37.2 Å². The van der Waals surface area contributed by atoms with Crippen molar-refractivity contribution >= 4 is 43.3 Å². The molecule has 1 atom stereocenters. The van der Waals surface area contributed by atoms with E-state index in [9.17, 15) is 4.79 Å². The van der Waals surface area contributed by atoms with Crippen LogP contribution in [-0.2, 0) is 5.54 Å². The molecule has 4 heteroatoms. The van der Waals surface area contributed by atoms with Gasteiger partial charge in [-0.2, -0.15) is 0 Å². The van der Waals surface area contributed by atoms with Gasteiger partial charge < -0.3 is 5.32 Å². The first-order valence-corrected chi connectivity index (χ1v) is 7.48. The molecule has 1 N–H and O–H groups in total. The van der Waals surface area contributed by atoms with Gasteiger partial charge in [-0.3, -0.25) is 4.79 Å². The maximum absolute atomic E-state index is 12.7. The van der Waals surface area contributed by atoms with Gasteiger partial charge in [0.05, 0.1) is 5.69 Å². The SMILES string of the molecule is CC1(c2ccccc2)Nc2c(Br)cc(Br)cc2C1=O.